The first-order valence-electron chi connectivity index (χ1n) is 13.0. The van der Waals surface area contributed by atoms with Gasteiger partial charge in [-0.1, -0.05) is 49.1 Å². The Morgan fingerprint density at radius 2 is 1.76 bits per heavy atom. The average Bonchev–Trinajstić information content (AvgIpc) is 2.82. The predicted molar refractivity (Wildman–Crippen MR) is 149 cm³/mol. The summed E-state index contributed by atoms with van der Waals surface area (Å²) < 4.78 is 5.31. The Kier molecular flexibility index (Phi) is 9.33. The molecule has 8 heteroatoms. The van der Waals surface area contributed by atoms with Gasteiger partial charge in [0.15, 0.2) is 0 Å². The minimum Gasteiger partial charge on any atom is -0.444 e. The number of nitrogens with one attached hydrogen (secondary N) is 2. The number of aliphatic hydroxyl groups is 1. The van der Waals surface area contributed by atoms with E-state index in [2.05, 4.69) is 17.2 Å². The zero-order chi connectivity index (χ0) is 28.0. The fourth-order valence-corrected chi connectivity index (χ4v) is 4.50. The first-order valence-corrected chi connectivity index (χ1v) is 13.0. The van der Waals surface area contributed by atoms with Gasteiger partial charge in [-0.3, -0.25) is 9.59 Å². The maximum absolute atomic E-state index is 14.0. The first-order chi connectivity index (χ1) is 17.9. The quantitative estimate of drug-likeness (QED) is 0.435. The monoisotopic (exact) mass is 521 g/mol. The number of carbonyl (C=O) groups is 3. The lowest BCUT2D eigenvalue weighted by Gasteiger charge is -2.43. The van der Waals surface area contributed by atoms with E-state index >= 15 is 0 Å². The van der Waals surface area contributed by atoms with Gasteiger partial charge in [0.05, 0.1) is 6.61 Å². The van der Waals surface area contributed by atoms with E-state index in [4.69, 9.17) is 4.74 Å². The molecule has 3 amide bonds. The summed E-state index contributed by atoms with van der Waals surface area (Å²) in [6.45, 7) is 12.2. The van der Waals surface area contributed by atoms with Gasteiger partial charge in [0, 0.05) is 11.7 Å². The molecule has 1 aliphatic carbocycles. The molecule has 38 heavy (non-hydrogen) atoms. The summed E-state index contributed by atoms with van der Waals surface area (Å²) in [5.41, 5.74) is 3.13. The van der Waals surface area contributed by atoms with Crippen LogP contribution in [0.4, 0.5) is 10.5 Å². The van der Waals surface area contributed by atoms with Crippen LogP contribution in [0.5, 0.6) is 0 Å². The van der Waals surface area contributed by atoms with Crippen molar-refractivity contribution in [1.82, 2.24) is 10.2 Å². The molecule has 2 aromatic rings. The van der Waals surface area contributed by atoms with Crippen molar-refractivity contribution in [1.29, 1.82) is 0 Å². The lowest BCUT2D eigenvalue weighted by atomic mass is 9.87. The van der Waals surface area contributed by atoms with Crippen LogP contribution in [0.1, 0.15) is 68.3 Å². The second-order valence-corrected chi connectivity index (χ2v) is 10.7. The molecule has 1 fully saturated rings. The Morgan fingerprint density at radius 3 is 2.29 bits per heavy atom. The van der Waals surface area contributed by atoms with Gasteiger partial charge in [-0.2, -0.15) is 0 Å². The van der Waals surface area contributed by atoms with Crippen LogP contribution >= 0.6 is 0 Å². The van der Waals surface area contributed by atoms with Crippen molar-refractivity contribution in [3.05, 3.63) is 71.3 Å². The van der Waals surface area contributed by atoms with Crippen LogP contribution in [0.2, 0.25) is 0 Å². The molecule has 3 rings (SSSR count). The fourth-order valence-electron chi connectivity index (χ4n) is 4.50. The highest BCUT2D eigenvalue weighted by Gasteiger charge is 2.42. The number of amides is 3. The van der Waals surface area contributed by atoms with Crippen LogP contribution in [-0.2, 0) is 14.3 Å². The summed E-state index contributed by atoms with van der Waals surface area (Å²) in [4.78, 5) is 42.0. The number of hydrogen-bond acceptors (Lipinski definition) is 5. The van der Waals surface area contributed by atoms with Crippen molar-refractivity contribution in [2.75, 3.05) is 11.9 Å². The zero-order valence-corrected chi connectivity index (χ0v) is 22.9. The second-order valence-electron chi connectivity index (χ2n) is 10.7. The molecular weight excluding hydrogens is 482 g/mol. The molecule has 1 saturated carbocycles. The van der Waals surface area contributed by atoms with Gasteiger partial charge >= 0.3 is 6.09 Å². The van der Waals surface area contributed by atoms with Crippen LogP contribution < -0.4 is 10.6 Å². The molecule has 2 atom stereocenters. The molecule has 0 heterocycles. The van der Waals surface area contributed by atoms with Gasteiger partial charge in [0.2, 0.25) is 5.91 Å². The van der Waals surface area contributed by atoms with Crippen molar-refractivity contribution < 1.29 is 24.2 Å². The normalized spacial score (nSPS) is 15.0. The number of aliphatic hydroxyl groups excluding tert-OH is 1. The van der Waals surface area contributed by atoms with Crippen LogP contribution in [-0.4, -0.2) is 52.2 Å². The number of benzene rings is 2. The number of nitrogens with zero attached hydrogens (tertiary/aromatic N) is 1. The number of aryl methyl sites for hydroxylation is 2. The number of para-hydroxylation sites is 1. The van der Waals surface area contributed by atoms with Crippen molar-refractivity contribution >= 4 is 29.7 Å². The average molecular weight is 522 g/mol. The highest BCUT2D eigenvalue weighted by molar-refractivity contribution is 6.00. The van der Waals surface area contributed by atoms with E-state index in [0.29, 0.717) is 24.1 Å². The zero-order valence-electron chi connectivity index (χ0n) is 22.9. The highest BCUT2D eigenvalue weighted by atomic mass is 16.6. The maximum Gasteiger partial charge on any atom is 0.408 e. The molecule has 2 unspecified atom stereocenters. The minimum absolute atomic E-state index is 0.224. The third-order valence-electron chi connectivity index (χ3n) is 6.61. The smallest absolute Gasteiger partial charge is 0.408 e. The summed E-state index contributed by atoms with van der Waals surface area (Å²) in [7, 11) is 0. The summed E-state index contributed by atoms with van der Waals surface area (Å²) in [5, 5.41) is 15.7. The molecule has 0 spiro atoms. The Morgan fingerprint density at radius 1 is 1.13 bits per heavy atom. The van der Waals surface area contributed by atoms with E-state index in [1.807, 2.05) is 50.2 Å². The highest BCUT2D eigenvalue weighted by Crippen LogP contribution is 2.35. The molecular formula is C30H39N3O5. The van der Waals surface area contributed by atoms with Crippen LogP contribution in [0, 0.1) is 13.8 Å². The molecule has 1 aliphatic rings. The largest absolute Gasteiger partial charge is 0.444 e. The molecule has 0 aliphatic heterocycles. The van der Waals surface area contributed by atoms with Gasteiger partial charge < -0.3 is 25.4 Å². The Labute approximate surface area is 225 Å². The van der Waals surface area contributed by atoms with E-state index in [1.54, 1.807) is 32.9 Å². The summed E-state index contributed by atoms with van der Waals surface area (Å²) >= 11 is 0. The van der Waals surface area contributed by atoms with Crippen molar-refractivity contribution in [3.8, 4) is 0 Å². The van der Waals surface area contributed by atoms with Gasteiger partial charge in [-0.05, 0) is 82.2 Å². The second kappa shape index (κ2) is 12.3. The van der Waals surface area contributed by atoms with E-state index < -0.39 is 36.3 Å². The third kappa shape index (κ3) is 7.01. The predicted octanol–water partition coefficient (Wildman–Crippen LogP) is 4.89. The van der Waals surface area contributed by atoms with Crippen LogP contribution in [0.3, 0.4) is 0 Å². The van der Waals surface area contributed by atoms with Crippen molar-refractivity contribution in [3.63, 3.8) is 0 Å². The fraction of sp³-hybridized carbons (Fsp3) is 0.433. The topological polar surface area (TPSA) is 108 Å². The van der Waals surface area contributed by atoms with E-state index in [9.17, 15) is 19.5 Å². The summed E-state index contributed by atoms with van der Waals surface area (Å²) in [6, 6.07) is 10.6. The maximum atomic E-state index is 14.0. The number of ether oxygens (including phenoxy) is 1. The lowest BCUT2D eigenvalue weighted by molar-refractivity contribution is -0.146. The summed E-state index contributed by atoms with van der Waals surface area (Å²) in [5.74, 6) is -0.924. The van der Waals surface area contributed by atoms with Gasteiger partial charge in [-0.25, -0.2) is 4.79 Å². The Bertz CT molecular complexity index is 1160. The molecule has 2 aromatic carbocycles. The number of anilines is 1. The molecule has 204 valence electrons. The van der Waals surface area contributed by atoms with E-state index in [-0.39, 0.29) is 11.9 Å². The van der Waals surface area contributed by atoms with E-state index in [0.717, 1.165) is 23.1 Å². The molecule has 3 N–H and O–H groups in total. The van der Waals surface area contributed by atoms with Crippen LogP contribution in [0.25, 0.3) is 6.08 Å². The Hall–Kier alpha value is -3.65. The SMILES string of the molecule is C=Cc1cccc(C(C(=O)Nc2c(C)cccc2C)N(C(=O)C(CO)NC(=O)OC(C)(C)C)C2CCC2)c1. The third-order valence-corrected chi connectivity index (χ3v) is 6.61. The molecule has 0 radical (unpaired) electrons. The molecule has 0 bridgehead atoms. The van der Waals surface area contributed by atoms with Gasteiger partial charge in [-0.15, -0.1) is 0 Å². The van der Waals surface area contributed by atoms with Crippen LogP contribution in [0.15, 0.2) is 49.0 Å². The Balaban J connectivity index is 2.04. The molecule has 0 saturated heterocycles. The first kappa shape index (κ1) is 28.9. The van der Waals surface area contributed by atoms with Gasteiger partial charge in [0.1, 0.15) is 17.7 Å². The van der Waals surface area contributed by atoms with E-state index in [1.165, 1.54) is 4.90 Å². The minimum atomic E-state index is -1.27. The van der Waals surface area contributed by atoms with Crippen molar-refractivity contribution in [2.24, 2.45) is 0 Å². The molecule has 0 aromatic heterocycles. The van der Waals surface area contributed by atoms with Gasteiger partial charge in [0.25, 0.3) is 5.91 Å². The number of rotatable bonds is 9. The van der Waals surface area contributed by atoms with Crippen molar-refractivity contribution in [2.45, 2.75) is 77.6 Å². The lowest BCUT2D eigenvalue weighted by Crippen LogP contribution is -2.58. The number of carbonyl (C=O) groups excluding carboxylic acids is 3. The number of hydrogen-bond donors (Lipinski definition) is 3. The molecule has 8 nitrogen and oxygen atoms in total. The summed E-state index contributed by atoms with van der Waals surface area (Å²) in [6.07, 6.45) is 3.20. The standard InChI is InChI=1S/C30H39N3O5/c1-7-21-13-9-14-22(17-21)26(27(35)32-25-19(2)11-8-12-20(25)3)33(23-15-10-16-23)28(36)24(18-34)31-29(37)38-30(4,5)6/h7-9,11-14,17,23-24,26,34H,1,10,15-16,18H2,2-6H3,(H,31,37)(H,32,35). The number of alkyl carbamates (subject to hydrolysis) is 1.